The molecule has 0 bridgehead atoms. The zero-order valence-corrected chi connectivity index (χ0v) is 21.4. The smallest absolute Gasteiger partial charge is 0.246 e. The van der Waals surface area contributed by atoms with E-state index in [0.717, 1.165) is 35.4 Å². The summed E-state index contributed by atoms with van der Waals surface area (Å²) in [5.74, 6) is 0.564. The van der Waals surface area contributed by atoms with E-state index in [4.69, 9.17) is 14.5 Å². The van der Waals surface area contributed by atoms with Crippen LogP contribution in [-0.4, -0.2) is 59.2 Å². The van der Waals surface area contributed by atoms with Gasteiger partial charge in [-0.25, -0.2) is 4.98 Å². The monoisotopic (exact) mass is 490 g/mol. The predicted molar refractivity (Wildman–Crippen MR) is 139 cm³/mol. The molecule has 1 atom stereocenters. The van der Waals surface area contributed by atoms with Crippen molar-refractivity contribution in [3.05, 3.63) is 60.3 Å². The standard InChI is InChI=1S/C28H34N4O4/c1-19(2)27(34)31(16-24-6-5-15-36-24)18-26(33)30-28-29-25(21-9-13-23(35-4)14-10-21)17-32(28)22-11-7-20(3)8-12-22/h7-14,17,19,24H,5-6,15-16,18H2,1-4H3,(H,29,30,33). The van der Waals surface area contributed by atoms with Gasteiger partial charge in [-0.3, -0.25) is 19.5 Å². The minimum Gasteiger partial charge on any atom is -0.497 e. The van der Waals surface area contributed by atoms with E-state index in [1.807, 2.05) is 80.1 Å². The molecular formula is C28H34N4O4. The highest BCUT2D eigenvalue weighted by molar-refractivity contribution is 5.94. The van der Waals surface area contributed by atoms with Crippen LogP contribution in [0.1, 0.15) is 32.3 Å². The number of hydrogen-bond donors (Lipinski definition) is 1. The van der Waals surface area contributed by atoms with E-state index in [1.165, 1.54) is 0 Å². The fourth-order valence-corrected chi connectivity index (χ4v) is 4.24. The Morgan fingerprint density at radius 1 is 1.17 bits per heavy atom. The molecule has 1 unspecified atom stereocenters. The molecule has 0 radical (unpaired) electrons. The number of hydrogen-bond acceptors (Lipinski definition) is 5. The lowest BCUT2D eigenvalue weighted by molar-refractivity contribution is -0.139. The number of rotatable bonds is 9. The first-order valence-electron chi connectivity index (χ1n) is 12.3. The highest BCUT2D eigenvalue weighted by atomic mass is 16.5. The molecule has 3 aromatic rings. The molecule has 2 heterocycles. The van der Waals surface area contributed by atoms with Crippen LogP contribution < -0.4 is 10.1 Å². The maximum absolute atomic E-state index is 13.2. The van der Waals surface area contributed by atoms with Crippen molar-refractivity contribution in [3.8, 4) is 22.7 Å². The Labute approximate surface area is 212 Å². The normalized spacial score (nSPS) is 15.2. The number of nitrogens with zero attached hydrogens (tertiary/aromatic N) is 3. The van der Waals surface area contributed by atoms with Crippen LogP contribution in [0.15, 0.2) is 54.7 Å². The molecule has 2 aromatic carbocycles. The van der Waals surface area contributed by atoms with Gasteiger partial charge in [0.15, 0.2) is 0 Å². The topological polar surface area (TPSA) is 85.7 Å². The van der Waals surface area contributed by atoms with E-state index in [1.54, 1.807) is 12.0 Å². The summed E-state index contributed by atoms with van der Waals surface area (Å²) in [6.45, 7) is 6.76. The maximum Gasteiger partial charge on any atom is 0.246 e. The molecule has 0 spiro atoms. The first kappa shape index (κ1) is 25.4. The van der Waals surface area contributed by atoms with Crippen LogP contribution in [0.5, 0.6) is 5.75 Å². The van der Waals surface area contributed by atoms with Crippen molar-refractivity contribution in [1.82, 2.24) is 14.5 Å². The van der Waals surface area contributed by atoms with Crippen molar-refractivity contribution >= 4 is 17.8 Å². The maximum atomic E-state index is 13.2. The Kier molecular flexibility index (Phi) is 8.05. The largest absolute Gasteiger partial charge is 0.497 e. The summed E-state index contributed by atoms with van der Waals surface area (Å²) in [7, 11) is 1.63. The molecule has 1 fully saturated rings. The molecule has 2 amide bonds. The van der Waals surface area contributed by atoms with Gasteiger partial charge in [0.1, 0.15) is 12.3 Å². The van der Waals surface area contributed by atoms with Gasteiger partial charge in [0, 0.05) is 36.5 Å². The van der Waals surface area contributed by atoms with E-state index in [2.05, 4.69) is 5.32 Å². The van der Waals surface area contributed by atoms with Crippen LogP contribution in [0.3, 0.4) is 0 Å². The Morgan fingerprint density at radius 3 is 2.50 bits per heavy atom. The predicted octanol–water partition coefficient (Wildman–Crippen LogP) is 4.46. The molecule has 1 aliphatic rings. The molecule has 8 nitrogen and oxygen atoms in total. The average molecular weight is 491 g/mol. The number of ether oxygens (including phenoxy) is 2. The molecule has 1 aromatic heterocycles. The first-order valence-corrected chi connectivity index (χ1v) is 12.3. The van der Waals surface area contributed by atoms with Gasteiger partial charge < -0.3 is 14.4 Å². The van der Waals surface area contributed by atoms with Crippen LogP contribution in [0.2, 0.25) is 0 Å². The molecule has 1 saturated heterocycles. The number of benzene rings is 2. The number of aromatic nitrogens is 2. The van der Waals surface area contributed by atoms with Crippen molar-refractivity contribution < 1.29 is 19.1 Å². The molecule has 0 aliphatic carbocycles. The summed E-state index contributed by atoms with van der Waals surface area (Å²) in [4.78, 5) is 32.3. The lowest BCUT2D eigenvalue weighted by Crippen LogP contribution is -2.44. The van der Waals surface area contributed by atoms with E-state index in [0.29, 0.717) is 24.8 Å². The van der Waals surface area contributed by atoms with Crippen LogP contribution in [-0.2, 0) is 14.3 Å². The number of anilines is 1. The van der Waals surface area contributed by atoms with E-state index in [9.17, 15) is 9.59 Å². The molecule has 1 N–H and O–H groups in total. The third kappa shape index (κ3) is 6.12. The van der Waals surface area contributed by atoms with E-state index < -0.39 is 0 Å². The van der Waals surface area contributed by atoms with Crippen molar-refractivity contribution in [3.63, 3.8) is 0 Å². The lowest BCUT2D eigenvalue weighted by Gasteiger charge is -2.26. The number of aryl methyl sites for hydroxylation is 1. The zero-order valence-electron chi connectivity index (χ0n) is 21.4. The number of amides is 2. The van der Waals surface area contributed by atoms with Gasteiger partial charge in [0.05, 0.1) is 18.9 Å². The van der Waals surface area contributed by atoms with Gasteiger partial charge >= 0.3 is 0 Å². The zero-order chi connectivity index (χ0) is 25.7. The highest BCUT2D eigenvalue weighted by Gasteiger charge is 2.26. The quantitative estimate of drug-likeness (QED) is 0.479. The van der Waals surface area contributed by atoms with Crippen LogP contribution in [0.25, 0.3) is 16.9 Å². The second-order valence-corrected chi connectivity index (χ2v) is 9.44. The summed E-state index contributed by atoms with van der Waals surface area (Å²) in [5.41, 5.74) is 3.62. The number of carbonyl (C=O) groups is 2. The summed E-state index contributed by atoms with van der Waals surface area (Å²) in [6, 6.07) is 15.6. The van der Waals surface area contributed by atoms with Crippen molar-refractivity contribution in [2.75, 3.05) is 32.1 Å². The van der Waals surface area contributed by atoms with Crippen LogP contribution in [0, 0.1) is 12.8 Å². The fraction of sp³-hybridized carbons (Fsp3) is 0.393. The summed E-state index contributed by atoms with van der Waals surface area (Å²) in [5, 5.41) is 2.94. The van der Waals surface area contributed by atoms with Gasteiger partial charge in [-0.2, -0.15) is 0 Å². The lowest BCUT2D eigenvalue weighted by atomic mass is 10.1. The van der Waals surface area contributed by atoms with Crippen molar-refractivity contribution in [2.24, 2.45) is 5.92 Å². The van der Waals surface area contributed by atoms with E-state index in [-0.39, 0.29) is 30.4 Å². The summed E-state index contributed by atoms with van der Waals surface area (Å²) >= 11 is 0. The SMILES string of the molecule is COc1ccc(-c2cn(-c3ccc(C)cc3)c(NC(=O)CN(CC3CCCO3)C(=O)C(C)C)n2)cc1. The van der Waals surface area contributed by atoms with Gasteiger partial charge in [0.25, 0.3) is 0 Å². The van der Waals surface area contributed by atoms with Gasteiger partial charge in [-0.1, -0.05) is 31.5 Å². The highest BCUT2D eigenvalue weighted by Crippen LogP contribution is 2.26. The molecular weight excluding hydrogens is 456 g/mol. The second-order valence-electron chi connectivity index (χ2n) is 9.44. The van der Waals surface area contributed by atoms with Crippen molar-refractivity contribution in [2.45, 2.75) is 39.7 Å². The summed E-state index contributed by atoms with van der Waals surface area (Å²) in [6.07, 6.45) is 3.73. The number of carbonyl (C=O) groups excluding carboxylic acids is 2. The Hall–Kier alpha value is -3.65. The van der Waals surface area contributed by atoms with E-state index >= 15 is 0 Å². The Bertz CT molecular complexity index is 1180. The van der Waals surface area contributed by atoms with Gasteiger partial charge in [0.2, 0.25) is 17.8 Å². The molecule has 1 aliphatic heterocycles. The molecule has 36 heavy (non-hydrogen) atoms. The average Bonchev–Trinajstić information content (AvgIpc) is 3.54. The Morgan fingerprint density at radius 2 is 1.89 bits per heavy atom. The number of methoxy groups -OCH3 is 1. The third-order valence-electron chi connectivity index (χ3n) is 6.24. The molecule has 0 saturated carbocycles. The second kappa shape index (κ2) is 11.4. The molecule has 4 rings (SSSR count). The van der Waals surface area contributed by atoms with Gasteiger partial charge in [-0.05, 0) is 56.2 Å². The number of nitrogens with one attached hydrogen (secondary N) is 1. The van der Waals surface area contributed by atoms with Crippen molar-refractivity contribution in [1.29, 1.82) is 0 Å². The minimum absolute atomic E-state index is 0.0308. The van der Waals surface area contributed by atoms with Gasteiger partial charge in [-0.15, -0.1) is 0 Å². The first-order chi connectivity index (χ1) is 17.3. The summed E-state index contributed by atoms with van der Waals surface area (Å²) < 4.78 is 12.8. The Balaban J connectivity index is 1.59. The van der Waals surface area contributed by atoms with Crippen LogP contribution >= 0.6 is 0 Å². The van der Waals surface area contributed by atoms with Crippen LogP contribution in [0.4, 0.5) is 5.95 Å². The third-order valence-corrected chi connectivity index (χ3v) is 6.24. The number of imidazole rings is 1. The molecule has 8 heteroatoms. The minimum atomic E-state index is -0.303. The fourth-order valence-electron chi connectivity index (χ4n) is 4.24. The molecule has 190 valence electrons.